The first-order valence-electron chi connectivity index (χ1n) is 10.4. The SMILES string of the molecule is C[C@H](NC(=O)c1cc(OC(F)F)cc(OC(F)F)c1)c1nc(C2CC2)nn1-c1ccc(C#N)cn1. The lowest BCUT2D eigenvalue weighted by Gasteiger charge is -2.16. The number of alkyl halides is 4. The summed E-state index contributed by atoms with van der Waals surface area (Å²) in [6, 6.07) is 7.16. The van der Waals surface area contributed by atoms with Crippen molar-refractivity contribution in [2.24, 2.45) is 0 Å². The van der Waals surface area contributed by atoms with E-state index in [4.69, 9.17) is 5.26 Å². The molecule has 1 aliphatic carbocycles. The summed E-state index contributed by atoms with van der Waals surface area (Å²) in [5.74, 6) is -0.331. The summed E-state index contributed by atoms with van der Waals surface area (Å²) in [6.45, 7) is -4.84. The molecule has 182 valence electrons. The molecule has 1 aromatic carbocycles. The molecule has 1 saturated carbocycles. The minimum atomic E-state index is -3.23. The van der Waals surface area contributed by atoms with E-state index in [-0.39, 0.29) is 11.5 Å². The van der Waals surface area contributed by atoms with Crippen molar-refractivity contribution in [2.75, 3.05) is 0 Å². The average molecular weight is 490 g/mol. The number of benzene rings is 1. The first-order valence-corrected chi connectivity index (χ1v) is 10.4. The summed E-state index contributed by atoms with van der Waals surface area (Å²) < 4.78 is 60.6. The van der Waals surface area contributed by atoms with Crippen LogP contribution >= 0.6 is 0 Å². The molecule has 2 aromatic heterocycles. The van der Waals surface area contributed by atoms with E-state index in [1.54, 1.807) is 19.1 Å². The van der Waals surface area contributed by atoms with E-state index in [2.05, 4.69) is 29.9 Å². The zero-order valence-corrected chi connectivity index (χ0v) is 18.2. The van der Waals surface area contributed by atoms with Crippen LogP contribution < -0.4 is 14.8 Å². The van der Waals surface area contributed by atoms with Gasteiger partial charge in [-0.25, -0.2) is 9.97 Å². The summed E-state index contributed by atoms with van der Waals surface area (Å²) >= 11 is 0. The molecular weight excluding hydrogens is 472 g/mol. The quantitative estimate of drug-likeness (QED) is 0.449. The van der Waals surface area contributed by atoms with Crippen molar-refractivity contribution in [3.63, 3.8) is 0 Å². The average Bonchev–Trinajstić information content (AvgIpc) is 3.56. The molecule has 9 nitrogen and oxygen atoms in total. The molecule has 0 unspecified atom stereocenters. The number of carbonyl (C=O) groups excluding carboxylic acids is 1. The molecule has 0 aliphatic heterocycles. The van der Waals surface area contributed by atoms with Gasteiger partial charge in [-0.05, 0) is 44.0 Å². The molecule has 0 spiro atoms. The Morgan fingerprint density at radius 3 is 2.31 bits per heavy atom. The molecule has 35 heavy (non-hydrogen) atoms. The Morgan fingerprint density at radius 2 is 1.80 bits per heavy atom. The van der Waals surface area contributed by atoms with Gasteiger partial charge in [0, 0.05) is 23.7 Å². The van der Waals surface area contributed by atoms with Gasteiger partial charge < -0.3 is 14.8 Å². The molecule has 1 amide bonds. The maximum Gasteiger partial charge on any atom is 0.387 e. The molecule has 3 aromatic rings. The Bertz CT molecular complexity index is 1230. The van der Waals surface area contributed by atoms with Crippen molar-refractivity contribution in [2.45, 2.75) is 44.9 Å². The monoisotopic (exact) mass is 490 g/mol. The van der Waals surface area contributed by atoms with Crippen LogP contribution in [0.1, 0.15) is 59.3 Å². The number of rotatable bonds is 9. The third kappa shape index (κ3) is 5.84. The number of aromatic nitrogens is 4. The van der Waals surface area contributed by atoms with Crippen LogP contribution in [0.4, 0.5) is 17.6 Å². The highest BCUT2D eigenvalue weighted by Crippen LogP contribution is 2.38. The lowest BCUT2D eigenvalue weighted by atomic mass is 10.1. The van der Waals surface area contributed by atoms with Crippen LogP contribution in [-0.2, 0) is 0 Å². The van der Waals surface area contributed by atoms with E-state index >= 15 is 0 Å². The summed E-state index contributed by atoms with van der Waals surface area (Å²) in [6.07, 6.45) is 3.23. The van der Waals surface area contributed by atoms with Crippen molar-refractivity contribution >= 4 is 5.91 Å². The number of pyridine rings is 1. The molecule has 1 fully saturated rings. The number of hydrogen-bond donors (Lipinski definition) is 1. The van der Waals surface area contributed by atoms with E-state index < -0.39 is 36.7 Å². The topological polar surface area (TPSA) is 115 Å². The summed E-state index contributed by atoms with van der Waals surface area (Å²) in [7, 11) is 0. The molecule has 1 aliphatic rings. The number of nitrogens with zero attached hydrogens (tertiary/aromatic N) is 5. The van der Waals surface area contributed by atoms with Crippen molar-refractivity contribution < 1.29 is 31.8 Å². The number of halogens is 4. The predicted octanol–water partition coefficient (Wildman–Crippen LogP) is 4.11. The molecule has 0 radical (unpaired) electrons. The second-order valence-electron chi connectivity index (χ2n) is 7.68. The van der Waals surface area contributed by atoms with Gasteiger partial charge in [-0.3, -0.25) is 4.79 Å². The third-order valence-electron chi connectivity index (χ3n) is 5.01. The van der Waals surface area contributed by atoms with Gasteiger partial charge in [0.25, 0.3) is 5.91 Å². The number of amides is 1. The first-order chi connectivity index (χ1) is 16.7. The van der Waals surface area contributed by atoms with Crippen molar-refractivity contribution in [3.8, 4) is 23.4 Å². The largest absolute Gasteiger partial charge is 0.435 e. The molecule has 0 saturated heterocycles. The minimum Gasteiger partial charge on any atom is -0.435 e. The number of hydrogen-bond acceptors (Lipinski definition) is 7. The van der Waals surface area contributed by atoms with Gasteiger partial charge >= 0.3 is 13.2 Å². The first kappa shape index (κ1) is 23.9. The fraction of sp³-hybridized carbons (Fsp3) is 0.318. The van der Waals surface area contributed by atoms with Crippen LogP contribution in [0.15, 0.2) is 36.5 Å². The number of ether oxygens (including phenoxy) is 2. The zero-order valence-electron chi connectivity index (χ0n) is 18.2. The van der Waals surface area contributed by atoms with Gasteiger partial charge in [0.05, 0.1) is 11.6 Å². The molecule has 2 heterocycles. The maximum atomic E-state index is 12.9. The fourth-order valence-electron chi connectivity index (χ4n) is 3.27. The maximum absolute atomic E-state index is 12.9. The summed E-state index contributed by atoms with van der Waals surface area (Å²) in [5.41, 5.74) is 0.113. The van der Waals surface area contributed by atoms with Gasteiger partial charge in [0.15, 0.2) is 17.5 Å². The van der Waals surface area contributed by atoms with E-state index in [0.29, 0.717) is 23.0 Å². The zero-order chi connectivity index (χ0) is 25.1. The van der Waals surface area contributed by atoms with Gasteiger partial charge in [-0.2, -0.15) is 27.5 Å². The number of carbonyl (C=O) groups is 1. The van der Waals surface area contributed by atoms with E-state index in [0.717, 1.165) is 31.0 Å². The van der Waals surface area contributed by atoms with Gasteiger partial charge in [0.2, 0.25) is 0 Å². The molecule has 4 rings (SSSR count). The van der Waals surface area contributed by atoms with Crippen LogP contribution in [0.5, 0.6) is 11.5 Å². The number of nitrogens with one attached hydrogen (secondary N) is 1. The molecule has 1 atom stereocenters. The Kier molecular flexibility index (Phi) is 6.81. The van der Waals surface area contributed by atoms with Gasteiger partial charge in [0.1, 0.15) is 17.6 Å². The standard InChI is InChI=1S/C22H18F4N6O3/c1-11(29-20(33)14-6-15(34-21(23)24)8-16(7-14)35-22(25)26)19-30-18(13-3-4-13)31-32(19)17-5-2-12(9-27)10-28-17/h2,5-8,10-11,13,21-22H,3-4H2,1H3,(H,29,33)/t11-/m0/s1. The highest BCUT2D eigenvalue weighted by Gasteiger charge is 2.31. The highest BCUT2D eigenvalue weighted by atomic mass is 19.3. The molecule has 13 heteroatoms. The Morgan fingerprint density at radius 1 is 1.14 bits per heavy atom. The lowest BCUT2D eigenvalue weighted by Crippen LogP contribution is -2.29. The highest BCUT2D eigenvalue weighted by molar-refractivity contribution is 5.95. The number of nitriles is 1. The Hall–Kier alpha value is -4.21. The van der Waals surface area contributed by atoms with E-state index in [9.17, 15) is 22.4 Å². The predicted molar refractivity (Wildman–Crippen MR) is 111 cm³/mol. The van der Waals surface area contributed by atoms with Crippen LogP contribution in [0.25, 0.3) is 5.82 Å². The van der Waals surface area contributed by atoms with Crippen molar-refractivity contribution in [1.29, 1.82) is 5.26 Å². The fourth-order valence-corrected chi connectivity index (χ4v) is 3.27. The normalized spacial score (nSPS) is 14.0. The van der Waals surface area contributed by atoms with E-state index in [1.165, 1.54) is 10.9 Å². The van der Waals surface area contributed by atoms with Crippen LogP contribution in [0, 0.1) is 11.3 Å². The second kappa shape index (κ2) is 9.96. The van der Waals surface area contributed by atoms with Crippen LogP contribution in [0.2, 0.25) is 0 Å². The molecule has 0 bridgehead atoms. The van der Waals surface area contributed by atoms with E-state index in [1.807, 2.05) is 6.07 Å². The van der Waals surface area contributed by atoms with Gasteiger partial charge in [-0.1, -0.05) is 0 Å². The Labute approximate surface area is 196 Å². The minimum absolute atomic E-state index is 0.188. The Balaban J connectivity index is 1.61. The smallest absolute Gasteiger partial charge is 0.387 e. The third-order valence-corrected chi connectivity index (χ3v) is 5.01. The second-order valence-corrected chi connectivity index (χ2v) is 7.68. The van der Waals surface area contributed by atoms with Crippen LogP contribution in [0.3, 0.4) is 0 Å². The van der Waals surface area contributed by atoms with Crippen molar-refractivity contribution in [3.05, 3.63) is 59.3 Å². The van der Waals surface area contributed by atoms with Gasteiger partial charge in [-0.15, -0.1) is 5.10 Å². The summed E-state index contributed by atoms with van der Waals surface area (Å²) in [4.78, 5) is 21.6. The lowest BCUT2D eigenvalue weighted by molar-refractivity contribution is -0.0543. The summed E-state index contributed by atoms with van der Waals surface area (Å²) in [5, 5.41) is 16.1. The van der Waals surface area contributed by atoms with Crippen molar-refractivity contribution in [1.82, 2.24) is 25.1 Å². The molecule has 1 N–H and O–H groups in total. The van der Waals surface area contributed by atoms with Crippen LogP contribution in [-0.4, -0.2) is 38.9 Å². The molecular formula is C22H18F4N6O3.